The number of nitrogens with zero attached hydrogens (tertiary/aromatic N) is 4. The fourth-order valence-corrected chi connectivity index (χ4v) is 3.48. The Labute approximate surface area is 159 Å². The van der Waals surface area contributed by atoms with E-state index in [4.69, 9.17) is 4.98 Å². The van der Waals surface area contributed by atoms with Crippen molar-refractivity contribution in [2.45, 2.75) is 41.2 Å². The number of rotatable bonds is 4. The Bertz CT molecular complexity index is 1110. The average molecular weight is 359 g/mol. The normalized spacial score (nSPS) is 11.3. The molecule has 0 aliphatic heterocycles. The molecule has 1 aromatic carbocycles. The molecule has 4 aromatic rings. The maximum absolute atomic E-state index is 4.78. The van der Waals surface area contributed by atoms with Gasteiger partial charge in [-0.25, -0.2) is 9.67 Å². The molecular formula is C22H25N5. The number of imidazole rings is 1. The first-order valence-corrected chi connectivity index (χ1v) is 9.25. The van der Waals surface area contributed by atoms with Gasteiger partial charge in [-0.1, -0.05) is 18.2 Å². The summed E-state index contributed by atoms with van der Waals surface area (Å²) in [6, 6.07) is 10.6. The minimum absolute atomic E-state index is 0.765. The van der Waals surface area contributed by atoms with E-state index in [-0.39, 0.29) is 0 Å². The van der Waals surface area contributed by atoms with Crippen molar-refractivity contribution in [2.75, 3.05) is 5.32 Å². The molecule has 5 heteroatoms. The Hall–Kier alpha value is -3.08. The molecule has 0 bridgehead atoms. The number of nitrogens with one attached hydrogen (secondary N) is 1. The summed E-state index contributed by atoms with van der Waals surface area (Å²) in [7, 11) is 0. The maximum atomic E-state index is 4.78. The fourth-order valence-electron chi connectivity index (χ4n) is 3.48. The van der Waals surface area contributed by atoms with Gasteiger partial charge in [0.15, 0.2) is 5.65 Å². The van der Waals surface area contributed by atoms with E-state index in [9.17, 15) is 0 Å². The van der Waals surface area contributed by atoms with Crippen LogP contribution in [0.3, 0.4) is 0 Å². The van der Waals surface area contributed by atoms with E-state index in [2.05, 4.69) is 73.0 Å². The lowest BCUT2D eigenvalue weighted by Crippen LogP contribution is -2.07. The summed E-state index contributed by atoms with van der Waals surface area (Å²) in [6.07, 6.45) is 4.09. The van der Waals surface area contributed by atoms with Crippen molar-refractivity contribution in [3.05, 3.63) is 76.5 Å². The largest absolute Gasteiger partial charge is 0.378 e. The molecule has 0 atom stereocenters. The van der Waals surface area contributed by atoms with Crippen molar-refractivity contribution in [1.82, 2.24) is 19.2 Å². The van der Waals surface area contributed by atoms with Crippen LogP contribution in [0.5, 0.6) is 0 Å². The average Bonchev–Trinajstić information content (AvgIpc) is 3.19. The van der Waals surface area contributed by atoms with Gasteiger partial charge in [0.2, 0.25) is 0 Å². The predicted molar refractivity (Wildman–Crippen MR) is 110 cm³/mol. The second kappa shape index (κ2) is 6.58. The zero-order valence-electron chi connectivity index (χ0n) is 16.5. The highest BCUT2D eigenvalue weighted by Crippen LogP contribution is 2.25. The van der Waals surface area contributed by atoms with E-state index in [0.717, 1.165) is 40.6 Å². The molecule has 5 nitrogen and oxygen atoms in total. The molecule has 0 saturated heterocycles. The van der Waals surface area contributed by atoms with Crippen LogP contribution in [0.15, 0.2) is 42.7 Å². The quantitative estimate of drug-likeness (QED) is 0.576. The summed E-state index contributed by atoms with van der Waals surface area (Å²) in [4.78, 5) is 4.78. The van der Waals surface area contributed by atoms with Crippen LogP contribution in [0.1, 0.15) is 33.8 Å². The molecule has 0 aliphatic rings. The van der Waals surface area contributed by atoms with E-state index in [0.29, 0.717) is 0 Å². The Kier molecular flexibility index (Phi) is 4.22. The van der Waals surface area contributed by atoms with Gasteiger partial charge in [0.1, 0.15) is 0 Å². The van der Waals surface area contributed by atoms with Crippen molar-refractivity contribution in [3.8, 4) is 5.69 Å². The van der Waals surface area contributed by atoms with Gasteiger partial charge in [-0.05, 0) is 63.4 Å². The Morgan fingerprint density at radius 1 is 1.00 bits per heavy atom. The lowest BCUT2D eigenvalue weighted by Gasteiger charge is -2.14. The zero-order valence-corrected chi connectivity index (χ0v) is 16.5. The van der Waals surface area contributed by atoms with Crippen molar-refractivity contribution in [3.63, 3.8) is 0 Å². The van der Waals surface area contributed by atoms with Crippen LogP contribution in [-0.4, -0.2) is 19.2 Å². The molecule has 27 heavy (non-hydrogen) atoms. The SMILES string of the molecule is Cc1ccn(-c2cc(NCc3c(C)cccc3C)c3nc(C)c(C)n3c2)n1. The molecule has 3 aromatic heterocycles. The molecule has 1 N–H and O–H groups in total. The fraction of sp³-hybridized carbons (Fsp3) is 0.273. The number of anilines is 1. The molecule has 138 valence electrons. The zero-order chi connectivity index (χ0) is 19.1. The number of fused-ring (bicyclic) bond motifs is 1. The van der Waals surface area contributed by atoms with Gasteiger partial charge in [0, 0.05) is 24.6 Å². The van der Waals surface area contributed by atoms with Crippen LogP contribution in [0, 0.1) is 34.6 Å². The van der Waals surface area contributed by atoms with Gasteiger partial charge < -0.3 is 9.72 Å². The Morgan fingerprint density at radius 2 is 1.74 bits per heavy atom. The number of hydrogen-bond acceptors (Lipinski definition) is 3. The Balaban J connectivity index is 1.80. The smallest absolute Gasteiger partial charge is 0.160 e. The molecule has 0 saturated carbocycles. The summed E-state index contributed by atoms with van der Waals surface area (Å²) in [5.74, 6) is 0. The lowest BCUT2D eigenvalue weighted by atomic mass is 10.0. The van der Waals surface area contributed by atoms with Crippen molar-refractivity contribution >= 4 is 11.3 Å². The Morgan fingerprint density at radius 3 is 2.41 bits per heavy atom. The highest BCUT2D eigenvalue weighted by Gasteiger charge is 2.13. The van der Waals surface area contributed by atoms with Gasteiger partial charge >= 0.3 is 0 Å². The molecule has 0 amide bonds. The van der Waals surface area contributed by atoms with Crippen molar-refractivity contribution in [1.29, 1.82) is 0 Å². The molecule has 0 fully saturated rings. The van der Waals surface area contributed by atoms with Gasteiger partial charge in [-0.2, -0.15) is 5.10 Å². The first-order valence-electron chi connectivity index (χ1n) is 9.25. The van der Waals surface area contributed by atoms with E-state index in [1.165, 1.54) is 16.7 Å². The number of pyridine rings is 1. The maximum Gasteiger partial charge on any atom is 0.160 e. The standard InChI is InChI=1S/C22H25N5/c1-14-7-6-8-15(2)20(14)12-23-21-11-19(27-10-9-16(3)25-27)13-26-18(5)17(4)24-22(21)26/h6-11,13,23H,12H2,1-5H3. The first-order chi connectivity index (χ1) is 12.9. The van der Waals surface area contributed by atoms with E-state index < -0.39 is 0 Å². The van der Waals surface area contributed by atoms with Gasteiger partial charge in [0.05, 0.1) is 22.8 Å². The third-order valence-electron chi connectivity index (χ3n) is 5.27. The third kappa shape index (κ3) is 3.10. The van der Waals surface area contributed by atoms with Crippen LogP contribution in [-0.2, 0) is 6.54 Å². The minimum atomic E-state index is 0.765. The molecule has 0 unspecified atom stereocenters. The van der Waals surface area contributed by atoms with Gasteiger partial charge in [-0.15, -0.1) is 0 Å². The van der Waals surface area contributed by atoms with E-state index >= 15 is 0 Å². The van der Waals surface area contributed by atoms with E-state index in [1.807, 2.05) is 23.9 Å². The highest BCUT2D eigenvalue weighted by atomic mass is 15.3. The van der Waals surface area contributed by atoms with Gasteiger partial charge in [-0.3, -0.25) is 0 Å². The molecule has 0 aliphatic carbocycles. The van der Waals surface area contributed by atoms with E-state index in [1.54, 1.807) is 0 Å². The third-order valence-corrected chi connectivity index (χ3v) is 5.27. The first kappa shape index (κ1) is 17.3. The summed E-state index contributed by atoms with van der Waals surface area (Å²) in [5, 5.41) is 8.19. The van der Waals surface area contributed by atoms with Crippen LogP contribution >= 0.6 is 0 Å². The molecule has 4 rings (SSSR count). The predicted octanol–water partition coefficient (Wildman–Crippen LogP) is 4.67. The minimum Gasteiger partial charge on any atom is -0.378 e. The van der Waals surface area contributed by atoms with Crippen LogP contribution in [0.2, 0.25) is 0 Å². The number of aromatic nitrogens is 4. The number of hydrogen-bond donors (Lipinski definition) is 1. The van der Waals surface area contributed by atoms with Crippen molar-refractivity contribution in [2.24, 2.45) is 0 Å². The molecular weight excluding hydrogens is 334 g/mol. The van der Waals surface area contributed by atoms with Gasteiger partial charge in [0.25, 0.3) is 0 Å². The summed E-state index contributed by atoms with van der Waals surface area (Å²) < 4.78 is 4.06. The second-order valence-corrected chi connectivity index (χ2v) is 7.21. The summed E-state index contributed by atoms with van der Waals surface area (Å²) >= 11 is 0. The van der Waals surface area contributed by atoms with Crippen LogP contribution in [0.4, 0.5) is 5.69 Å². The van der Waals surface area contributed by atoms with Crippen molar-refractivity contribution < 1.29 is 0 Å². The van der Waals surface area contributed by atoms with Crippen LogP contribution < -0.4 is 5.32 Å². The summed E-state index contributed by atoms with van der Waals surface area (Å²) in [6.45, 7) is 11.2. The number of benzene rings is 1. The summed E-state index contributed by atoms with van der Waals surface area (Å²) in [5.41, 5.74) is 10.1. The monoisotopic (exact) mass is 359 g/mol. The topological polar surface area (TPSA) is 47.2 Å². The highest BCUT2D eigenvalue weighted by molar-refractivity contribution is 5.71. The van der Waals surface area contributed by atoms with Crippen LogP contribution in [0.25, 0.3) is 11.3 Å². The molecule has 3 heterocycles. The lowest BCUT2D eigenvalue weighted by molar-refractivity contribution is 0.851. The molecule has 0 radical (unpaired) electrons. The number of aryl methyl sites for hydroxylation is 5. The molecule has 0 spiro atoms. The second-order valence-electron chi connectivity index (χ2n) is 7.21.